The highest BCUT2D eigenvalue weighted by Gasteiger charge is 2.38. The summed E-state index contributed by atoms with van der Waals surface area (Å²) in [7, 11) is 0. The Hall–Kier alpha value is -0.960. The molecule has 0 amide bonds. The van der Waals surface area contributed by atoms with E-state index in [9.17, 15) is 0 Å². The van der Waals surface area contributed by atoms with E-state index in [1.807, 2.05) is 6.20 Å². The Balaban J connectivity index is 1.87. The molecular weight excluding hydrogens is 162 g/mol. The normalized spacial score (nSPS) is 36.8. The van der Waals surface area contributed by atoms with Crippen LogP contribution >= 0.6 is 0 Å². The van der Waals surface area contributed by atoms with Gasteiger partial charge in [0, 0.05) is 25.1 Å². The monoisotopic (exact) mass is 175 g/mol. The summed E-state index contributed by atoms with van der Waals surface area (Å²) in [5, 5.41) is 0. The van der Waals surface area contributed by atoms with E-state index in [-0.39, 0.29) is 0 Å². The zero-order chi connectivity index (χ0) is 8.67. The van der Waals surface area contributed by atoms with Gasteiger partial charge in [0.25, 0.3) is 0 Å². The van der Waals surface area contributed by atoms with Gasteiger partial charge in [-0.3, -0.25) is 14.9 Å². The summed E-state index contributed by atoms with van der Waals surface area (Å²) in [6, 6.07) is 0.562. The van der Waals surface area contributed by atoms with Crippen LogP contribution in [0.25, 0.3) is 0 Å². The molecule has 0 aromatic carbocycles. The smallest absolute Gasteiger partial charge is 0.0758 e. The van der Waals surface area contributed by atoms with Gasteiger partial charge in [0.15, 0.2) is 0 Å². The van der Waals surface area contributed by atoms with Crippen molar-refractivity contribution in [1.29, 1.82) is 0 Å². The molecule has 1 aromatic heterocycles. The number of fused-ring (bicyclic) bond motifs is 2. The van der Waals surface area contributed by atoms with Gasteiger partial charge in [0.2, 0.25) is 0 Å². The summed E-state index contributed by atoms with van der Waals surface area (Å²) in [5.41, 5.74) is 1.16. The maximum absolute atomic E-state index is 4.38. The predicted molar refractivity (Wildman–Crippen MR) is 49.1 cm³/mol. The predicted octanol–water partition coefficient (Wildman–Crippen LogP) is 1.24. The maximum atomic E-state index is 4.38. The lowest BCUT2D eigenvalue weighted by molar-refractivity contribution is 0.260. The molecule has 3 rings (SSSR count). The lowest BCUT2D eigenvalue weighted by Crippen LogP contribution is -2.23. The standard InChI is InChI=1S/C10H13N3/c1-4-13-7-8(1)5-10(13)9-6-11-2-3-12-9/h2-3,6,8,10H,1,4-5,7H2/t8?,10-/m0/s1. The van der Waals surface area contributed by atoms with Crippen LogP contribution in [0.4, 0.5) is 0 Å². The third-order valence-corrected chi connectivity index (χ3v) is 3.24. The highest BCUT2D eigenvalue weighted by Crippen LogP contribution is 2.40. The summed E-state index contributed by atoms with van der Waals surface area (Å²) in [6.07, 6.45) is 8.12. The molecule has 0 aliphatic carbocycles. The fourth-order valence-electron chi connectivity index (χ4n) is 2.59. The number of piperidine rings is 1. The van der Waals surface area contributed by atoms with E-state index in [0.29, 0.717) is 6.04 Å². The van der Waals surface area contributed by atoms with Gasteiger partial charge in [-0.25, -0.2) is 0 Å². The Morgan fingerprint density at radius 2 is 2.38 bits per heavy atom. The second-order valence-electron chi connectivity index (χ2n) is 4.03. The van der Waals surface area contributed by atoms with Gasteiger partial charge in [-0.15, -0.1) is 0 Å². The summed E-state index contributed by atoms with van der Waals surface area (Å²) in [6.45, 7) is 2.53. The zero-order valence-electron chi connectivity index (χ0n) is 7.56. The van der Waals surface area contributed by atoms with E-state index >= 15 is 0 Å². The van der Waals surface area contributed by atoms with Crippen molar-refractivity contribution in [1.82, 2.24) is 14.9 Å². The summed E-state index contributed by atoms with van der Waals surface area (Å²) >= 11 is 0. The van der Waals surface area contributed by atoms with Gasteiger partial charge >= 0.3 is 0 Å². The van der Waals surface area contributed by atoms with Gasteiger partial charge in [0.05, 0.1) is 11.7 Å². The molecule has 3 nitrogen and oxygen atoms in total. The number of aromatic nitrogens is 2. The zero-order valence-corrected chi connectivity index (χ0v) is 7.56. The van der Waals surface area contributed by atoms with Crippen molar-refractivity contribution in [3.05, 3.63) is 24.3 Å². The summed E-state index contributed by atoms with van der Waals surface area (Å²) < 4.78 is 0. The molecule has 68 valence electrons. The molecule has 0 N–H and O–H groups in total. The van der Waals surface area contributed by atoms with E-state index in [2.05, 4.69) is 14.9 Å². The third-order valence-electron chi connectivity index (χ3n) is 3.24. The molecule has 2 bridgehead atoms. The van der Waals surface area contributed by atoms with Crippen LogP contribution in [0, 0.1) is 5.92 Å². The van der Waals surface area contributed by atoms with Crippen LogP contribution in [0.15, 0.2) is 18.6 Å². The third kappa shape index (κ3) is 1.15. The molecule has 0 saturated carbocycles. The first kappa shape index (κ1) is 7.44. The first-order valence-electron chi connectivity index (χ1n) is 4.93. The van der Waals surface area contributed by atoms with E-state index in [1.165, 1.54) is 25.9 Å². The fourth-order valence-corrected chi connectivity index (χ4v) is 2.59. The van der Waals surface area contributed by atoms with Crippen LogP contribution < -0.4 is 0 Å². The van der Waals surface area contributed by atoms with E-state index in [4.69, 9.17) is 0 Å². The van der Waals surface area contributed by atoms with Crippen LogP contribution in [-0.2, 0) is 0 Å². The van der Waals surface area contributed by atoms with E-state index < -0.39 is 0 Å². The van der Waals surface area contributed by atoms with Gasteiger partial charge in [-0.05, 0) is 25.3 Å². The molecule has 2 saturated heterocycles. The quantitative estimate of drug-likeness (QED) is 0.643. The van der Waals surface area contributed by atoms with Crippen LogP contribution in [0.3, 0.4) is 0 Å². The number of hydrogen-bond acceptors (Lipinski definition) is 3. The van der Waals surface area contributed by atoms with Crippen LogP contribution in [0.2, 0.25) is 0 Å². The minimum absolute atomic E-state index is 0.562. The first-order valence-corrected chi connectivity index (χ1v) is 4.93. The molecule has 0 radical (unpaired) electrons. The van der Waals surface area contributed by atoms with Gasteiger partial charge in [-0.2, -0.15) is 0 Å². The Bertz CT molecular complexity index is 298. The Labute approximate surface area is 77.8 Å². The molecule has 3 heterocycles. The second kappa shape index (κ2) is 2.77. The largest absolute Gasteiger partial charge is 0.294 e. The highest BCUT2D eigenvalue weighted by atomic mass is 15.2. The van der Waals surface area contributed by atoms with E-state index in [1.54, 1.807) is 12.4 Å². The molecule has 3 atom stereocenters. The summed E-state index contributed by atoms with van der Waals surface area (Å²) in [4.78, 5) is 11.0. The Morgan fingerprint density at radius 3 is 3.00 bits per heavy atom. The van der Waals surface area contributed by atoms with E-state index in [0.717, 1.165) is 11.6 Å². The number of rotatable bonds is 1. The lowest BCUT2D eigenvalue weighted by atomic mass is 9.99. The Kier molecular flexibility index (Phi) is 1.59. The SMILES string of the molecule is c1cnc([C@@H]2CC3CCN2C3)cn1. The highest BCUT2D eigenvalue weighted by molar-refractivity contribution is 5.08. The van der Waals surface area contributed by atoms with Crippen molar-refractivity contribution >= 4 is 0 Å². The summed E-state index contributed by atoms with van der Waals surface area (Å²) in [5.74, 6) is 0.923. The molecule has 2 aliphatic rings. The number of nitrogens with zero attached hydrogens (tertiary/aromatic N) is 3. The van der Waals surface area contributed by atoms with Crippen LogP contribution in [-0.4, -0.2) is 28.0 Å². The van der Waals surface area contributed by atoms with Crippen LogP contribution in [0.5, 0.6) is 0 Å². The van der Waals surface area contributed by atoms with Crippen molar-refractivity contribution in [2.24, 2.45) is 5.92 Å². The molecule has 0 spiro atoms. The molecular formula is C10H13N3. The maximum Gasteiger partial charge on any atom is 0.0758 e. The van der Waals surface area contributed by atoms with Crippen molar-refractivity contribution in [2.45, 2.75) is 18.9 Å². The van der Waals surface area contributed by atoms with Gasteiger partial charge in [0.1, 0.15) is 0 Å². The molecule has 2 unspecified atom stereocenters. The average Bonchev–Trinajstić information content (AvgIpc) is 2.80. The molecule has 3 heteroatoms. The minimum atomic E-state index is 0.562. The minimum Gasteiger partial charge on any atom is -0.294 e. The van der Waals surface area contributed by atoms with Crippen molar-refractivity contribution in [3.63, 3.8) is 0 Å². The second-order valence-corrected chi connectivity index (χ2v) is 4.03. The average molecular weight is 175 g/mol. The molecule has 1 aromatic rings. The number of hydrogen-bond donors (Lipinski definition) is 0. The van der Waals surface area contributed by atoms with Crippen LogP contribution in [0.1, 0.15) is 24.6 Å². The molecule has 2 fully saturated rings. The fraction of sp³-hybridized carbons (Fsp3) is 0.600. The van der Waals surface area contributed by atoms with Crippen molar-refractivity contribution in [3.8, 4) is 0 Å². The lowest BCUT2D eigenvalue weighted by Gasteiger charge is -2.23. The van der Waals surface area contributed by atoms with Gasteiger partial charge < -0.3 is 0 Å². The molecule has 2 aliphatic heterocycles. The van der Waals surface area contributed by atoms with Crippen molar-refractivity contribution < 1.29 is 0 Å². The Morgan fingerprint density at radius 1 is 1.38 bits per heavy atom. The van der Waals surface area contributed by atoms with Crippen molar-refractivity contribution in [2.75, 3.05) is 13.1 Å². The first-order chi connectivity index (χ1) is 6.43. The van der Waals surface area contributed by atoms with Gasteiger partial charge in [-0.1, -0.05) is 0 Å². The topological polar surface area (TPSA) is 29.0 Å². The molecule has 13 heavy (non-hydrogen) atoms.